The highest BCUT2D eigenvalue weighted by Crippen LogP contribution is 2.35. The fourth-order valence-electron chi connectivity index (χ4n) is 3.46. The molecule has 0 spiro atoms. The summed E-state index contributed by atoms with van der Waals surface area (Å²) in [6.07, 6.45) is 5.41. The van der Waals surface area contributed by atoms with Gasteiger partial charge in [0.2, 0.25) is 0 Å². The zero-order valence-electron chi connectivity index (χ0n) is 18.2. The molecule has 3 aromatic rings. The Morgan fingerprint density at radius 1 is 1.06 bits per heavy atom. The van der Waals surface area contributed by atoms with Crippen LogP contribution in [-0.4, -0.2) is 28.6 Å². The van der Waals surface area contributed by atoms with Gasteiger partial charge in [-0.25, -0.2) is 10.3 Å². The number of nitrogens with one attached hydrogen (secondary N) is 2. The SMILES string of the molecule is CSc1ccc(NC(=O)O[C@@H](CCC/C=C/C(=O)NO)c2ccc(O)c3ccccc23)cc1. The number of aromatic hydroxyl groups is 1. The van der Waals surface area contributed by atoms with Gasteiger partial charge >= 0.3 is 6.09 Å². The number of benzene rings is 3. The zero-order valence-corrected chi connectivity index (χ0v) is 19.0. The lowest BCUT2D eigenvalue weighted by Gasteiger charge is -2.21. The summed E-state index contributed by atoms with van der Waals surface area (Å²) in [7, 11) is 0. The zero-order chi connectivity index (χ0) is 23.6. The Hall–Kier alpha value is -3.49. The smallest absolute Gasteiger partial charge is 0.412 e. The van der Waals surface area contributed by atoms with Crippen molar-refractivity contribution in [3.8, 4) is 5.75 Å². The van der Waals surface area contributed by atoms with E-state index in [4.69, 9.17) is 9.94 Å². The lowest BCUT2D eigenvalue weighted by atomic mass is 9.96. The summed E-state index contributed by atoms with van der Waals surface area (Å²) < 4.78 is 5.81. The number of ether oxygens (including phenoxy) is 1. The maximum atomic E-state index is 12.7. The van der Waals surface area contributed by atoms with E-state index in [1.807, 2.05) is 54.8 Å². The van der Waals surface area contributed by atoms with Crippen molar-refractivity contribution in [2.75, 3.05) is 11.6 Å². The van der Waals surface area contributed by atoms with Crippen LogP contribution in [0.3, 0.4) is 0 Å². The molecule has 8 heteroatoms. The van der Waals surface area contributed by atoms with Gasteiger partial charge in [0.05, 0.1) is 0 Å². The van der Waals surface area contributed by atoms with E-state index in [2.05, 4.69) is 5.32 Å². The summed E-state index contributed by atoms with van der Waals surface area (Å²) >= 11 is 1.61. The third kappa shape index (κ3) is 6.74. The van der Waals surface area contributed by atoms with E-state index in [1.54, 1.807) is 35.5 Å². The topological polar surface area (TPSA) is 108 Å². The van der Waals surface area contributed by atoms with Crippen LogP contribution in [0.15, 0.2) is 77.7 Å². The first-order valence-corrected chi connectivity index (χ1v) is 11.7. The molecule has 4 N–H and O–H groups in total. The van der Waals surface area contributed by atoms with Crippen molar-refractivity contribution in [2.45, 2.75) is 30.3 Å². The van der Waals surface area contributed by atoms with Gasteiger partial charge in [0.1, 0.15) is 11.9 Å². The Morgan fingerprint density at radius 3 is 2.48 bits per heavy atom. The molecule has 0 aromatic heterocycles. The van der Waals surface area contributed by atoms with Gasteiger partial charge in [0.15, 0.2) is 0 Å². The number of hydrogen-bond donors (Lipinski definition) is 4. The molecule has 7 nitrogen and oxygen atoms in total. The highest BCUT2D eigenvalue weighted by atomic mass is 32.2. The number of anilines is 1. The van der Waals surface area contributed by atoms with Crippen LogP contribution in [-0.2, 0) is 9.53 Å². The first-order chi connectivity index (χ1) is 16.0. The molecule has 0 radical (unpaired) electrons. The summed E-state index contributed by atoms with van der Waals surface area (Å²) in [5.74, 6) is -0.441. The highest BCUT2D eigenvalue weighted by Gasteiger charge is 2.20. The Labute approximate surface area is 196 Å². The van der Waals surface area contributed by atoms with Crippen LogP contribution in [0, 0.1) is 0 Å². The molecule has 0 bridgehead atoms. The Bertz CT molecular complexity index is 1130. The number of phenols is 1. The van der Waals surface area contributed by atoms with Gasteiger partial charge < -0.3 is 9.84 Å². The second-order valence-electron chi connectivity index (χ2n) is 7.28. The minimum absolute atomic E-state index is 0.157. The number of hydroxylamine groups is 1. The molecule has 0 aliphatic heterocycles. The summed E-state index contributed by atoms with van der Waals surface area (Å²) in [6, 6.07) is 18.2. The molecule has 0 saturated carbocycles. The quantitative estimate of drug-likeness (QED) is 0.105. The minimum Gasteiger partial charge on any atom is -0.507 e. The monoisotopic (exact) mass is 466 g/mol. The summed E-state index contributed by atoms with van der Waals surface area (Å²) in [5, 5.41) is 23.0. The lowest BCUT2D eigenvalue weighted by Crippen LogP contribution is -2.18. The normalized spacial score (nSPS) is 11.9. The van der Waals surface area contributed by atoms with Crippen LogP contribution < -0.4 is 10.8 Å². The predicted octanol–water partition coefficient (Wildman–Crippen LogP) is 5.79. The number of allylic oxidation sites excluding steroid dienone is 1. The molecule has 0 unspecified atom stereocenters. The fraction of sp³-hybridized carbons (Fsp3) is 0.200. The number of hydrogen-bond acceptors (Lipinski definition) is 6. The largest absolute Gasteiger partial charge is 0.507 e. The number of phenolic OH excluding ortho intramolecular Hbond substituents is 1. The maximum absolute atomic E-state index is 12.7. The average molecular weight is 467 g/mol. The first kappa shape index (κ1) is 24.2. The van der Waals surface area contributed by atoms with Gasteiger partial charge in [0.25, 0.3) is 5.91 Å². The average Bonchev–Trinajstić information content (AvgIpc) is 2.84. The number of amides is 2. The van der Waals surface area contributed by atoms with Crippen molar-refractivity contribution < 1.29 is 24.6 Å². The van der Waals surface area contributed by atoms with Crippen LogP contribution in [0.1, 0.15) is 30.9 Å². The molecule has 1 atom stereocenters. The van der Waals surface area contributed by atoms with E-state index in [-0.39, 0.29) is 5.75 Å². The molecule has 33 heavy (non-hydrogen) atoms. The molecule has 0 fully saturated rings. The van der Waals surface area contributed by atoms with Crippen LogP contribution in [0.4, 0.5) is 10.5 Å². The van der Waals surface area contributed by atoms with E-state index in [9.17, 15) is 14.7 Å². The van der Waals surface area contributed by atoms with Crippen molar-refractivity contribution in [2.24, 2.45) is 0 Å². The molecule has 0 saturated heterocycles. The molecule has 0 heterocycles. The Balaban J connectivity index is 1.78. The van der Waals surface area contributed by atoms with E-state index in [0.29, 0.717) is 30.3 Å². The number of rotatable bonds is 9. The van der Waals surface area contributed by atoms with Crippen molar-refractivity contribution in [1.29, 1.82) is 0 Å². The summed E-state index contributed by atoms with van der Waals surface area (Å²) in [5.41, 5.74) is 2.96. The van der Waals surface area contributed by atoms with Gasteiger partial charge in [-0.15, -0.1) is 11.8 Å². The number of carbonyl (C=O) groups is 2. The highest BCUT2D eigenvalue weighted by molar-refractivity contribution is 7.98. The standard InChI is InChI=1S/C25H26N2O5S/c1-33-18-13-11-17(12-14-18)26-25(30)32-23(9-3-2-4-10-24(29)27-31)21-15-16-22(28)20-8-6-5-7-19(20)21/h4-8,10-16,23,28,31H,2-3,9H2,1H3,(H,26,30)(H,27,29)/b10-4+/t23-/m0/s1. The van der Waals surface area contributed by atoms with Crippen molar-refractivity contribution in [3.63, 3.8) is 0 Å². The van der Waals surface area contributed by atoms with E-state index >= 15 is 0 Å². The van der Waals surface area contributed by atoms with Crippen LogP contribution in [0.5, 0.6) is 5.75 Å². The molecule has 3 rings (SSSR count). The van der Waals surface area contributed by atoms with E-state index in [0.717, 1.165) is 15.8 Å². The maximum Gasteiger partial charge on any atom is 0.412 e. The number of thioether (sulfide) groups is 1. The molecule has 2 amide bonds. The molecule has 3 aromatic carbocycles. The van der Waals surface area contributed by atoms with Crippen LogP contribution in [0.2, 0.25) is 0 Å². The number of fused-ring (bicyclic) bond motifs is 1. The Morgan fingerprint density at radius 2 is 1.79 bits per heavy atom. The molecular formula is C25H26N2O5S. The second-order valence-corrected chi connectivity index (χ2v) is 8.16. The molecule has 0 aliphatic carbocycles. The third-order valence-electron chi connectivity index (χ3n) is 5.08. The minimum atomic E-state index is -0.598. The van der Waals surface area contributed by atoms with Gasteiger partial charge in [-0.3, -0.25) is 15.3 Å². The third-order valence-corrected chi connectivity index (χ3v) is 5.83. The number of carbonyl (C=O) groups excluding carboxylic acids is 2. The van der Waals surface area contributed by atoms with E-state index < -0.39 is 18.1 Å². The van der Waals surface area contributed by atoms with Gasteiger partial charge in [-0.1, -0.05) is 36.4 Å². The first-order valence-electron chi connectivity index (χ1n) is 10.4. The Kier molecular flexibility index (Phi) is 8.74. The molecular weight excluding hydrogens is 440 g/mol. The lowest BCUT2D eigenvalue weighted by molar-refractivity contribution is -0.124. The summed E-state index contributed by atoms with van der Waals surface area (Å²) in [6.45, 7) is 0. The van der Waals surface area contributed by atoms with Crippen molar-refractivity contribution in [1.82, 2.24) is 5.48 Å². The molecule has 172 valence electrons. The summed E-state index contributed by atoms with van der Waals surface area (Å²) in [4.78, 5) is 24.9. The predicted molar refractivity (Wildman–Crippen MR) is 130 cm³/mol. The van der Waals surface area contributed by atoms with E-state index in [1.165, 1.54) is 6.08 Å². The second kappa shape index (κ2) is 11.9. The van der Waals surface area contributed by atoms with Gasteiger partial charge in [-0.05, 0) is 61.2 Å². The fourth-order valence-corrected chi connectivity index (χ4v) is 3.87. The molecule has 0 aliphatic rings. The van der Waals surface area contributed by atoms with Gasteiger partial charge in [0, 0.05) is 27.6 Å². The van der Waals surface area contributed by atoms with Crippen molar-refractivity contribution >= 4 is 40.2 Å². The van der Waals surface area contributed by atoms with Gasteiger partial charge in [-0.2, -0.15) is 0 Å². The van der Waals surface area contributed by atoms with Crippen LogP contribution in [0.25, 0.3) is 10.8 Å². The number of unbranched alkanes of at least 4 members (excludes halogenated alkanes) is 1. The van der Waals surface area contributed by atoms with Crippen molar-refractivity contribution in [3.05, 3.63) is 78.4 Å². The van der Waals surface area contributed by atoms with Crippen LogP contribution >= 0.6 is 11.8 Å².